The lowest BCUT2D eigenvalue weighted by Crippen LogP contribution is -2.50. The molecule has 2 aromatic rings. The topological polar surface area (TPSA) is 70.7 Å². The molecule has 0 spiro atoms. The zero-order valence-corrected chi connectivity index (χ0v) is 14.3. The van der Waals surface area contributed by atoms with Gasteiger partial charge in [-0.3, -0.25) is 19.2 Å². The van der Waals surface area contributed by atoms with E-state index < -0.39 is 0 Å². The number of piperazine rings is 1. The molecule has 7 heteroatoms. The number of fused-ring (bicyclic) bond motifs is 1. The third-order valence-corrected chi connectivity index (χ3v) is 4.49. The zero-order chi connectivity index (χ0) is 17.6. The van der Waals surface area contributed by atoms with E-state index in [1.165, 1.54) is 0 Å². The summed E-state index contributed by atoms with van der Waals surface area (Å²) in [6.45, 7) is 9.39. The molecule has 1 saturated heterocycles. The van der Waals surface area contributed by atoms with Gasteiger partial charge in [0.1, 0.15) is 0 Å². The number of para-hydroxylation sites is 2. The van der Waals surface area contributed by atoms with Gasteiger partial charge in [0, 0.05) is 45.8 Å². The van der Waals surface area contributed by atoms with Gasteiger partial charge in [0.25, 0.3) is 0 Å². The van der Waals surface area contributed by atoms with Gasteiger partial charge < -0.3 is 9.73 Å². The summed E-state index contributed by atoms with van der Waals surface area (Å²) in [5.41, 5.74) is 1.47. The highest BCUT2D eigenvalue weighted by Gasteiger charge is 2.19. The number of aromatic nitrogens is 1. The van der Waals surface area contributed by atoms with Crippen LogP contribution < -0.4 is 11.1 Å². The van der Waals surface area contributed by atoms with E-state index in [1.807, 2.05) is 24.3 Å². The lowest BCUT2D eigenvalue weighted by Gasteiger charge is -2.34. The molecule has 1 aromatic heterocycles. The second-order valence-electron chi connectivity index (χ2n) is 6.20. The summed E-state index contributed by atoms with van der Waals surface area (Å²) in [5, 5.41) is 2.80. The Morgan fingerprint density at radius 2 is 1.88 bits per heavy atom. The Kier molecular flexibility index (Phi) is 5.67. The molecule has 0 unspecified atom stereocenters. The number of oxazole rings is 1. The quantitative estimate of drug-likeness (QED) is 0.742. The van der Waals surface area contributed by atoms with Crippen molar-refractivity contribution in [3.05, 3.63) is 47.5 Å². The number of carbonyl (C=O) groups excluding carboxylic acids is 1. The Labute approximate surface area is 146 Å². The molecule has 3 rings (SSSR count). The molecule has 2 heterocycles. The Morgan fingerprint density at radius 1 is 1.16 bits per heavy atom. The largest absolute Gasteiger partial charge is 0.419 e. The Hall–Kier alpha value is -2.38. The van der Waals surface area contributed by atoms with Crippen LogP contribution in [0.15, 0.2) is 46.1 Å². The number of amides is 1. The second-order valence-corrected chi connectivity index (χ2v) is 6.20. The first kappa shape index (κ1) is 17.4. The molecule has 1 fully saturated rings. The number of carbonyl (C=O) groups is 1. The van der Waals surface area contributed by atoms with Gasteiger partial charge in [0.2, 0.25) is 5.91 Å². The van der Waals surface area contributed by atoms with Crippen molar-refractivity contribution in [2.45, 2.75) is 6.54 Å². The fourth-order valence-corrected chi connectivity index (χ4v) is 3.08. The maximum Gasteiger partial charge on any atom is 0.419 e. The van der Waals surface area contributed by atoms with Gasteiger partial charge in [-0.25, -0.2) is 4.79 Å². The van der Waals surface area contributed by atoms with Crippen molar-refractivity contribution in [3.8, 4) is 0 Å². The molecule has 1 aromatic carbocycles. The average Bonchev–Trinajstić information content (AvgIpc) is 2.94. The standard InChI is InChI=1S/C18H24N4O3/c1-2-7-19-17(23)14-21-10-8-20(9-11-21)12-13-22-15-5-3-4-6-16(15)25-18(22)24/h2-6H,1,7-14H2,(H,19,23). The van der Waals surface area contributed by atoms with Gasteiger partial charge in [-0.1, -0.05) is 18.2 Å². The lowest BCUT2D eigenvalue weighted by atomic mass is 10.3. The third kappa shape index (κ3) is 4.37. The summed E-state index contributed by atoms with van der Waals surface area (Å²) in [7, 11) is 0. The Balaban J connectivity index is 1.48. The fraction of sp³-hybridized carbons (Fsp3) is 0.444. The smallest absolute Gasteiger partial charge is 0.408 e. The van der Waals surface area contributed by atoms with Crippen molar-refractivity contribution < 1.29 is 9.21 Å². The number of benzene rings is 1. The summed E-state index contributed by atoms with van der Waals surface area (Å²) < 4.78 is 6.95. The predicted octanol–water partition coefficient (Wildman–Crippen LogP) is 0.514. The van der Waals surface area contributed by atoms with Crippen LogP contribution in [0.4, 0.5) is 0 Å². The van der Waals surface area contributed by atoms with E-state index in [0.29, 0.717) is 25.2 Å². The third-order valence-electron chi connectivity index (χ3n) is 4.49. The second kappa shape index (κ2) is 8.13. The summed E-state index contributed by atoms with van der Waals surface area (Å²) in [5.74, 6) is -0.275. The highest BCUT2D eigenvalue weighted by Crippen LogP contribution is 2.12. The minimum atomic E-state index is -0.307. The summed E-state index contributed by atoms with van der Waals surface area (Å²) in [4.78, 5) is 28.2. The molecule has 0 bridgehead atoms. The van der Waals surface area contributed by atoms with Gasteiger partial charge in [-0.2, -0.15) is 0 Å². The highest BCUT2D eigenvalue weighted by molar-refractivity contribution is 5.78. The SMILES string of the molecule is C=CCNC(=O)CN1CCN(CCn2c(=O)oc3ccccc32)CC1. The van der Waals surface area contributed by atoms with Crippen LogP contribution in [0.5, 0.6) is 0 Å². The van der Waals surface area contributed by atoms with Crippen LogP contribution in [0.3, 0.4) is 0 Å². The van der Waals surface area contributed by atoms with Gasteiger partial charge in [-0.15, -0.1) is 6.58 Å². The molecule has 0 saturated carbocycles. The Morgan fingerprint density at radius 3 is 2.64 bits per heavy atom. The van der Waals surface area contributed by atoms with Gasteiger partial charge >= 0.3 is 5.76 Å². The van der Waals surface area contributed by atoms with Crippen LogP contribution in [-0.2, 0) is 11.3 Å². The molecule has 7 nitrogen and oxygen atoms in total. The summed E-state index contributed by atoms with van der Waals surface area (Å²) >= 11 is 0. The number of nitrogens with one attached hydrogen (secondary N) is 1. The van der Waals surface area contributed by atoms with Crippen molar-refractivity contribution in [2.24, 2.45) is 0 Å². The molecular formula is C18H24N4O3. The van der Waals surface area contributed by atoms with Crippen molar-refractivity contribution in [1.82, 2.24) is 19.7 Å². The molecule has 25 heavy (non-hydrogen) atoms. The molecule has 0 radical (unpaired) electrons. The molecular weight excluding hydrogens is 320 g/mol. The predicted molar refractivity (Wildman–Crippen MR) is 96.6 cm³/mol. The van der Waals surface area contributed by atoms with Gasteiger partial charge in [0.15, 0.2) is 5.58 Å². The van der Waals surface area contributed by atoms with E-state index in [-0.39, 0.29) is 11.7 Å². The minimum absolute atomic E-state index is 0.0322. The van der Waals surface area contributed by atoms with Gasteiger partial charge in [0.05, 0.1) is 12.1 Å². The van der Waals surface area contributed by atoms with Crippen LogP contribution in [0.25, 0.3) is 11.1 Å². The van der Waals surface area contributed by atoms with E-state index >= 15 is 0 Å². The minimum Gasteiger partial charge on any atom is -0.408 e. The van der Waals surface area contributed by atoms with Crippen LogP contribution in [0, 0.1) is 0 Å². The monoisotopic (exact) mass is 344 g/mol. The van der Waals surface area contributed by atoms with Crippen molar-refractivity contribution in [3.63, 3.8) is 0 Å². The van der Waals surface area contributed by atoms with E-state index in [1.54, 1.807) is 10.6 Å². The Bertz CT molecular complexity index is 787. The van der Waals surface area contributed by atoms with E-state index in [0.717, 1.165) is 38.2 Å². The van der Waals surface area contributed by atoms with Crippen molar-refractivity contribution in [2.75, 3.05) is 45.8 Å². The van der Waals surface area contributed by atoms with Crippen molar-refractivity contribution >= 4 is 17.0 Å². The first-order valence-corrected chi connectivity index (χ1v) is 8.58. The maximum absolute atomic E-state index is 12.0. The molecule has 1 amide bonds. The molecule has 134 valence electrons. The summed E-state index contributed by atoms with van der Waals surface area (Å²) in [6, 6.07) is 7.48. The maximum atomic E-state index is 12.0. The number of hydrogen-bond donors (Lipinski definition) is 1. The van der Waals surface area contributed by atoms with Crippen LogP contribution in [-0.4, -0.2) is 66.1 Å². The molecule has 0 atom stereocenters. The van der Waals surface area contributed by atoms with Gasteiger partial charge in [-0.05, 0) is 12.1 Å². The molecule has 1 N–H and O–H groups in total. The van der Waals surface area contributed by atoms with Crippen LogP contribution in [0.1, 0.15) is 0 Å². The number of rotatable bonds is 7. The van der Waals surface area contributed by atoms with Crippen LogP contribution >= 0.6 is 0 Å². The fourth-order valence-electron chi connectivity index (χ4n) is 3.08. The van der Waals surface area contributed by atoms with E-state index in [4.69, 9.17) is 4.42 Å². The molecule has 0 aliphatic carbocycles. The normalized spacial score (nSPS) is 16.2. The molecule has 1 aliphatic heterocycles. The number of nitrogens with zero attached hydrogens (tertiary/aromatic N) is 3. The molecule has 1 aliphatic rings. The zero-order valence-electron chi connectivity index (χ0n) is 14.3. The lowest BCUT2D eigenvalue weighted by molar-refractivity contribution is -0.122. The summed E-state index contributed by atoms with van der Waals surface area (Å²) in [6.07, 6.45) is 1.68. The first-order chi connectivity index (χ1) is 12.2. The van der Waals surface area contributed by atoms with E-state index in [9.17, 15) is 9.59 Å². The average molecular weight is 344 g/mol. The first-order valence-electron chi connectivity index (χ1n) is 8.58. The number of hydrogen-bond acceptors (Lipinski definition) is 5. The van der Waals surface area contributed by atoms with Crippen LogP contribution in [0.2, 0.25) is 0 Å². The van der Waals surface area contributed by atoms with E-state index in [2.05, 4.69) is 21.7 Å². The highest BCUT2D eigenvalue weighted by atomic mass is 16.4. The van der Waals surface area contributed by atoms with Crippen molar-refractivity contribution in [1.29, 1.82) is 0 Å².